The number of halogens is 1. The zero-order valence-corrected chi connectivity index (χ0v) is 20.3. The Kier molecular flexibility index (Phi) is 8.43. The smallest absolute Gasteiger partial charge is 0.227 e. The molecule has 0 aliphatic carbocycles. The summed E-state index contributed by atoms with van der Waals surface area (Å²) in [7, 11) is 2.13. The van der Waals surface area contributed by atoms with Crippen molar-refractivity contribution in [1.82, 2.24) is 10.2 Å². The van der Waals surface area contributed by atoms with Crippen molar-refractivity contribution in [3.63, 3.8) is 0 Å². The minimum Gasteiger partial charge on any atom is -0.492 e. The third-order valence-electron chi connectivity index (χ3n) is 6.51. The Hall–Kier alpha value is -2.61. The lowest BCUT2D eigenvalue weighted by Crippen LogP contribution is -2.38. The molecular weight excluding hydrogens is 454 g/mol. The van der Waals surface area contributed by atoms with Gasteiger partial charge >= 0.3 is 0 Å². The molecule has 2 aromatic carbocycles. The van der Waals surface area contributed by atoms with Gasteiger partial charge in [-0.3, -0.25) is 14.5 Å². The van der Waals surface area contributed by atoms with Gasteiger partial charge in [-0.25, -0.2) is 0 Å². The number of amides is 2. The maximum absolute atomic E-state index is 12.7. The second kappa shape index (κ2) is 11.7. The van der Waals surface area contributed by atoms with Crippen LogP contribution >= 0.6 is 11.6 Å². The second-order valence-electron chi connectivity index (χ2n) is 8.92. The van der Waals surface area contributed by atoms with E-state index in [1.54, 1.807) is 23.1 Å². The molecule has 1 N–H and O–H groups in total. The van der Waals surface area contributed by atoms with Crippen LogP contribution in [0, 0.1) is 5.92 Å². The number of nitrogens with one attached hydrogen (secondary N) is 1. The average molecular weight is 486 g/mol. The van der Waals surface area contributed by atoms with Crippen molar-refractivity contribution < 1.29 is 19.1 Å². The lowest BCUT2D eigenvalue weighted by Gasteiger charge is -2.31. The quantitative estimate of drug-likeness (QED) is 0.588. The first-order valence-electron chi connectivity index (χ1n) is 11.8. The Morgan fingerprint density at radius 2 is 2.00 bits per heavy atom. The van der Waals surface area contributed by atoms with E-state index in [0.29, 0.717) is 30.8 Å². The molecule has 4 rings (SSSR count). The maximum Gasteiger partial charge on any atom is 0.227 e. The number of rotatable bonds is 9. The van der Waals surface area contributed by atoms with E-state index < -0.39 is 0 Å². The Morgan fingerprint density at radius 3 is 2.79 bits per heavy atom. The summed E-state index contributed by atoms with van der Waals surface area (Å²) < 4.78 is 11.4. The predicted octanol–water partition coefficient (Wildman–Crippen LogP) is 3.50. The molecule has 2 amide bonds. The molecule has 1 atom stereocenters. The topological polar surface area (TPSA) is 71.1 Å². The summed E-state index contributed by atoms with van der Waals surface area (Å²) in [6, 6.07) is 15.5. The van der Waals surface area contributed by atoms with Crippen molar-refractivity contribution in [2.45, 2.75) is 31.8 Å². The van der Waals surface area contributed by atoms with E-state index in [9.17, 15) is 9.59 Å². The average Bonchev–Trinajstić information content (AvgIpc) is 3.25. The number of benzene rings is 2. The zero-order chi connectivity index (χ0) is 23.9. The van der Waals surface area contributed by atoms with E-state index in [1.807, 2.05) is 30.3 Å². The number of nitrogens with zero attached hydrogens (tertiary/aromatic N) is 2. The molecule has 0 spiro atoms. The summed E-state index contributed by atoms with van der Waals surface area (Å²) >= 11 is 6.05. The van der Waals surface area contributed by atoms with Crippen LogP contribution in [-0.4, -0.2) is 62.7 Å². The molecular formula is C26H32ClN3O4. The first-order chi connectivity index (χ1) is 16.5. The van der Waals surface area contributed by atoms with E-state index in [0.717, 1.165) is 49.6 Å². The molecule has 0 aromatic heterocycles. The van der Waals surface area contributed by atoms with Gasteiger partial charge in [0, 0.05) is 56.0 Å². The normalized spacial score (nSPS) is 19.0. The van der Waals surface area contributed by atoms with Gasteiger partial charge in [0.05, 0.1) is 5.92 Å². The fraction of sp³-hybridized carbons (Fsp3) is 0.462. The summed E-state index contributed by atoms with van der Waals surface area (Å²) in [5.74, 6) is 0.216. The first kappa shape index (κ1) is 24.5. The Morgan fingerprint density at radius 1 is 1.21 bits per heavy atom. The van der Waals surface area contributed by atoms with Gasteiger partial charge in [0.1, 0.15) is 12.4 Å². The number of anilines is 1. The minimum absolute atomic E-state index is 0.0662. The maximum atomic E-state index is 12.7. The van der Waals surface area contributed by atoms with Gasteiger partial charge in [-0.2, -0.15) is 0 Å². The summed E-state index contributed by atoms with van der Waals surface area (Å²) in [5.41, 5.74) is 1.68. The molecule has 2 aromatic rings. The molecule has 0 saturated carbocycles. The highest BCUT2D eigenvalue weighted by molar-refractivity contribution is 6.31. The highest BCUT2D eigenvalue weighted by atomic mass is 35.5. The number of likely N-dealkylation sites (N-methyl/N-ethyl adjacent to an activating group) is 1. The van der Waals surface area contributed by atoms with E-state index in [-0.39, 0.29) is 24.2 Å². The van der Waals surface area contributed by atoms with Crippen molar-refractivity contribution >= 4 is 29.1 Å². The molecule has 8 heteroatoms. The molecule has 7 nitrogen and oxygen atoms in total. The van der Waals surface area contributed by atoms with Crippen molar-refractivity contribution in [1.29, 1.82) is 0 Å². The summed E-state index contributed by atoms with van der Waals surface area (Å²) in [5, 5.41) is 3.54. The van der Waals surface area contributed by atoms with Gasteiger partial charge < -0.3 is 19.7 Å². The molecule has 0 radical (unpaired) electrons. The van der Waals surface area contributed by atoms with E-state index in [2.05, 4.69) is 17.3 Å². The predicted molar refractivity (Wildman–Crippen MR) is 132 cm³/mol. The number of hydrogen-bond donors (Lipinski definition) is 1. The van der Waals surface area contributed by atoms with Crippen LogP contribution in [-0.2, 0) is 20.9 Å². The highest BCUT2D eigenvalue weighted by Crippen LogP contribution is 2.27. The van der Waals surface area contributed by atoms with Crippen LogP contribution in [0.1, 0.15) is 24.8 Å². The van der Waals surface area contributed by atoms with Gasteiger partial charge in [0.25, 0.3) is 0 Å². The Balaban J connectivity index is 1.23. The molecule has 0 bridgehead atoms. The molecule has 2 saturated heterocycles. The van der Waals surface area contributed by atoms with Crippen molar-refractivity contribution in [3.05, 3.63) is 59.1 Å². The van der Waals surface area contributed by atoms with Crippen LogP contribution in [0.25, 0.3) is 0 Å². The summed E-state index contributed by atoms with van der Waals surface area (Å²) in [6.45, 7) is 3.86. The SMILES string of the molecule is CN(CCOc1cccc(CNC(=O)C2CC(=O)N(c3cccc(Cl)c3)C2)c1)C1CCOCC1. The van der Waals surface area contributed by atoms with Crippen LogP contribution in [0.2, 0.25) is 5.02 Å². The van der Waals surface area contributed by atoms with Crippen LogP contribution in [0.3, 0.4) is 0 Å². The summed E-state index contributed by atoms with van der Waals surface area (Å²) in [6.07, 6.45) is 2.33. The van der Waals surface area contributed by atoms with E-state index >= 15 is 0 Å². The fourth-order valence-corrected chi connectivity index (χ4v) is 4.66. The van der Waals surface area contributed by atoms with Crippen molar-refractivity contribution in [3.8, 4) is 5.75 Å². The fourth-order valence-electron chi connectivity index (χ4n) is 4.47. The highest BCUT2D eigenvalue weighted by Gasteiger charge is 2.35. The first-order valence-corrected chi connectivity index (χ1v) is 12.2. The number of ether oxygens (including phenoxy) is 2. The number of carbonyl (C=O) groups is 2. The van der Waals surface area contributed by atoms with Gasteiger partial charge in [-0.1, -0.05) is 29.8 Å². The van der Waals surface area contributed by atoms with Gasteiger partial charge in [0.15, 0.2) is 0 Å². The van der Waals surface area contributed by atoms with Crippen LogP contribution in [0.4, 0.5) is 5.69 Å². The molecule has 2 fully saturated rings. The standard InChI is InChI=1S/C26H32ClN3O4/c1-29(22-8-11-33-12-9-22)10-13-34-24-7-2-4-19(14-24)17-28-26(32)20-15-25(31)30(18-20)23-6-3-5-21(27)16-23/h2-7,14,16,20,22H,8-13,15,17-18H2,1H3,(H,28,32). The third kappa shape index (κ3) is 6.50. The Labute approximate surface area is 206 Å². The van der Waals surface area contributed by atoms with Gasteiger partial charge in [-0.15, -0.1) is 0 Å². The van der Waals surface area contributed by atoms with E-state index in [1.165, 1.54) is 0 Å². The summed E-state index contributed by atoms with van der Waals surface area (Å²) in [4.78, 5) is 29.1. The Bertz CT molecular complexity index is 996. The van der Waals surface area contributed by atoms with Crippen molar-refractivity contribution in [2.24, 2.45) is 5.92 Å². The molecule has 34 heavy (non-hydrogen) atoms. The number of hydrogen-bond acceptors (Lipinski definition) is 5. The van der Waals surface area contributed by atoms with Gasteiger partial charge in [0.2, 0.25) is 11.8 Å². The minimum atomic E-state index is -0.383. The monoisotopic (exact) mass is 485 g/mol. The van der Waals surface area contributed by atoms with E-state index in [4.69, 9.17) is 21.1 Å². The third-order valence-corrected chi connectivity index (χ3v) is 6.74. The lowest BCUT2D eigenvalue weighted by molar-refractivity contribution is -0.126. The van der Waals surface area contributed by atoms with Crippen molar-refractivity contribution in [2.75, 3.05) is 44.9 Å². The largest absolute Gasteiger partial charge is 0.492 e. The second-order valence-corrected chi connectivity index (χ2v) is 9.36. The molecule has 1 unspecified atom stereocenters. The van der Waals surface area contributed by atoms with Crippen LogP contribution < -0.4 is 15.0 Å². The number of carbonyl (C=O) groups excluding carboxylic acids is 2. The molecule has 2 heterocycles. The van der Waals surface area contributed by atoms with Crippen LogP contribution in [0.5, 0.6) is 5.75 Å². The molecule has 182 valence electrons. The van der Waals surface area contributed by atoms with Gasteiger partial charge in [-0.05, 0) is 55.8 Å². The molecule has 2 aliphatic heterocycles. The zero-order valence-electron chi connectivity index (χ0n) is 19.5. The lowest BCUT2D eigenvalue weighted by atomic mass is 10.1. The molecule has 2 aliphatic rings. The van der Waals surface area contributed by atoms with Crippen LogP contribution in [0.15, 0.2) is 48.5 Å².